The van der Waals surface area contributed by atoms with Crippen LogP contribution in [0, 0.1) is 5.92 Å². The summed E-state index contributed by atoms with van der Waals surface area (Å²) in [5.41, 5.74) is 1.29. The van der Waals surface area contributed by atoms with Gasteiger partial charge >= 0.3 is 0 Å². The molecule has 1 aromatic rings. The molecule has 0 radical (unpaired) electrons. The van der Waals surface area contributed by atoms with Gasteiger partial charge in [0.15, 0.2) is 0 Å². The van der Waals surface area contributed by atoms with Gasteiger partial charge in [-0.2, -0.15) is 0 Å². The van der Waals surface area contributed by atoms with Crippen LogP contribution >= 0.6 is 0 Å². The molecule has 2 atom stereocenters. The molecule has 4 nitrogen and oxygen atoms in total. The molecule has 1 aliphatic rings. The van der Waals surface area contributed by atoms with Crippen LogP contribution < -0.4 is 10.1 Å². The minimum Gasteiger partial charge on any atom is -0.491 e. The van der Waals surface area contributed by atoms with Crippen molar-refractivity contribution < 1.29 is 14.6 Å². The SMILES string of the molecule is CCc1ccc(OCC(O)CNCC2CCOC2)cc1. The highest BCUT2D eigenvalue weighted by atomic mass is 16.5. The number of rotatable bonds is 8. The maximum absolute atomic E-state index is 9.87. The van der Waals surface area contributed by atoms with Crippen molar-refractivity contribution in [1.82, 2.24) is 5.32 Å². The number of aryl methyl sites for hydroxylation is 1. The highest BCUT2D eigenvalue weighted by molar-refractivity contribution is 5.27. The minimum atomic E-state index is -0.483. The van der Waals surface area contributed by atoms with E-state index in [1.54, 1.807) is 0 Å². The van der Waals surface area contributed by atoms with Gasteiger partial charge in [0.2, 0.25) is 0 Å². The molecule has 112 valence electrons. The molecule has 0 saturated carbocycles. The number of benzene rings is 1. The highest BCUT2D eigenvalue weighted by Gasteiger charge is 2.15. The second kappa shape index (κ2) is 8.25. The Bertz CT molecular complexity index is 374. The van der Waals surface area contributed by atoms with E-state index in [4.69, 9.17) is 9.47 Å². The summed E-state index contributed by atoms with van der Waals surface area (Å²) in [6.45, 7) is 5.61. The Hall–Kier alpha value is -1.10. The summed E-state index contributed by atoms with van der Waals surface area (Å²) < 4.78 is 10.9. The van der Waals surface area contributed by atoms with Crippen LogP contribution in [0.5, 0.6) is 5.75 Å². The van der Waals surface area contributed by atoms with Crippen molar-refractivity contribution in [3.63, 3.8) is 0 Å². The van der Waals surface area contributed by atoms with E-state index in [2.05, 4.69) is 24.4 Å². The summed E-state index contributed by atoms with van der Waals surface area (Å²) in [5, 5.41) is 13.1. The van der Waals surface area contributed by atoms with Gasteiger partial charge in [0.1, 0.15) is 18.5 Å². The van der Waals surface area contributed by atoms with Gasteiger partial charge in [0.25, 0.3) is 0 Å². The molecule has 0 amide bonds. The van der Waals surface area contributed by atoms with Crippen molar-refractivity contribution in [1.29, 1.82) is 0 Å². The minimum absolute atomic E-state index is 0.319. The largest absolute Gasteiger partial charge is 0.491 e. The monoisotopic (exact) mass is 279 g/mol. The van der Waals surface area contributed by atoms with E-state index < -0.39 is 6.10 Å². The van der Waals surface area contributed by atoms with Crippen molar-refractivity contribution in [3.8, 4) is 5.75 Å². The zero-order valence-corrected chi connectivity index (χ0v) is 12.2. The van der Waals surface area contributed by atoms with E-state index in [1.165, 1.54) is 5.56 Å². The molecule has 0 aliphatic carbocycles. The Labute approximate surface area is 121 Å². The molecule has 1 fully saturated rings. The van der Waals surface area contributed by atoms with Gasteiger partial charge in [-0.1, -0.05) is 19.1 Å². The van der Waals surface area contributed by atoms with Crippen molar-refractivity contribution in [2.75, 3.05) is 32.9 Å². The molecule has 0 bridgehead atoms. The van der Waals surface area contributed by atoms with E-state index in [0.29, 0.717) is 19.1 Å². The van der Waals surface area contributed by atoms with Gasteiger partial charge in [-0.3, -0.25) is 0 Å². The fraction of sp³-hybridized carbons (Fsp3) is 0.625. The molecule has 1 aliphatic heterocycles. The lowest BCUT2D eigenvalue weighted by Crippen LogP contribution is -2.34. The zero-order valence-electron chi connectivity index (χ0n) is 12.2. The van der Waals surface area contributed by atoms with E-state index in [1.807, 2.05) is 12.1 Å². The third kappa shape index (κ3) is 5.12. The summed E-state index contributed by atoms with van der Waals surface area (Å²) in [6.07, 6.45) is 1.66. The zero-order chi connectivity index (χ0) is 14.2. The fourth-order valence-electron chi connectivity index (χ4n) is 2.27. The molecule has 2 unspecified atom stereocenters. The van der Waals surface area contributed by atoms with Gasteiger partial charge in [0.05, 0.1) is 6.61 Å². The fourth-order valence-corrected chi connectivity index (χ4v) is 2.27. The first-order valence-electron chi connectivity index (χ1n) is 7.46. The van der Waals surface area contributed by atoms with E-state index in [9.17, 15) is 5.11 Å². The third-order valence-corrected chi connectivity index (χ3v) is 3.61. The first-order chi connectivity index (χ1) is 9.78. The Morgan fingerprint density at radius 2 is 2.20 bits per heavy atom. The number of aliphatic hydroxyl groups excluding tert-OH is 1. The number of ether oxygens (including phenoxy) is 2. The number of hydrogen-bond acceptors (Lipinski definition) is 4. The van der Waals surface area contributed by atoms with Crippen LogP contribution in [-0.2, 0) is 11.2 Å². The van der Waals surface area contributed by atoms with Crippen LogP contribution in [0.4, 0.5) is 0 Å². The molecular formula is C16H25NO3. The summed E-state index contributed by atoms with van der Waals surface area (Å²) in [6, 6.07) is 8.02. The maximum atomic E-state index is 9.87. The second-order valence-electron chi connectivity index (χ2n) is 5.35. The lowest BCUT2D eigenvalue weighted by Gasteiger charge is -2.15. The van der Waals surface area contributed by atoms with Crippen LogP contribution in [0.3, 0.4) is 0 Å². The average Bonchev–Trinajstić information content (AvgIpc) is 2.99. The van der Waals surface area contributed by atoms with E-state index in [-0.39, 0.29) is 0 Å². The first kappa shape index (κ1) is 15.3. The molecule has 2 rings (SSSR count). The van der Waals surface area contributed by atoms with E-state index >= 15 is 0 Å². The predicted octanol–water partition coefficient (Wildman–Crippen LogP) is 1.61. The summed E-state index contributed by atoms with van der Waals surface area (Å²) >= 11 is 0. The predicted molar refractivity (Wildman–Crippen MR) is 79.1 cm³/mol. The lowest BCUT2D eigenvalue weighted by molar-refractivity contribution is 0.105. The maximum Gasteiger partial charge on any atom is 0.119 e. The molecule has 2 N–H and O–H groups in total. The standard InChI is InChI=1S/C16H25NO3/c1-2-13-3-5-16(6-4-13)20-12-15(18)10-17-9-14-7-8-19-11-14/h3-6,14-15,17-18H,2,7-12H2,1H3. The Morgan fingerprint density at radius 1 is 1.40 bits per heavy atom. The van der Waals surface area contributed by atoms with Crippen molar-refractivity contribution in [3.05, 3.63) is 29.8 Å². The van der Waals surface area contributed by atoms with Gasteiger partial charge < -0.3 is 19.9 Å². The summed E-state index contributed by atoms with van der Waals surface area (Å²) in [4.78, 5) is 0. The molecule has 4 heteroatoms. The lowest BCUT2D eigenvalue weighted by atomic mass is 10.1. The van der Waals surface area contributed by atoms with Crippen LogP contribution in [0.1, 0.15) is 18.9 Å². The molecule has 1 aromatic carbocycles. The molecular weight excluding hydrogens is 254 g/mol. The van der Waals surface area contributed by atoms with Crippen LogP contribution in [0.25, 0.3) is 0 Å². The molecule has 1 saturated heterocycles. The quantitative estimate of drug-likeness (QED) is 0.759. The van der Waals surface area contributed by atoms with Gasteiger partial charge in [-0.25, -0.2) is 0 Å². The van der Waals surface area contributed by atoms with Crippen LogP contribution in [-0.4, -0.2) is 44.1 Å². The van der Waals surface area contributed by atoms with Crippen molar-refractivity contribution >= 4 is 0 Å². The topological polar surface area (TPSA) is 50.7 Å². The summed E-state index contributed by atoms with van der Waals surface area (Å²) in [7, 11) is 0. The Morgan fingerprint density at radius 3 is 2.85 bits per heavy atom. The Balaban J connectivity index is 1.59. The van der Waals surface area contributed by atoms with Gasteiger partial charge in [-0.15, -0.1) is 0 Å². The van der Waals surface area contributed by atoms with Crippen molar-refractivity contribution in [2.24, 2.45) is 5.92 Å². The number of nitrogens with one attached hydrogen (secondary N) is 1. The summed E-state index contributed by atoms with van der Waals surface area (Å²) in [5.74, 6) is 1.40. The molecule has 1 heterocycles. The number of aliphatic hydroxyl groups is 1. The first-order valence-corrected chi connectivity index (χ1v) is 7.46. The normalized spacial score (nSPS) is 20.0. The smallest absolute Gasteiger partial charge is 0.119 e. The van der Waals surface area contributed by atoms with Gasteiger partial charge in [-0.05, 0) is 36.5 Å². The van der Waals surface area contributed by atoms with E-state index in [0.717, 1.165) is 38.3 Å². The van der Waals surface area contributed by atoms with Crippen molar-refractivity contribution in [2.45, 2.75) is 25.9 Å². The van der Waals surface area contributed by atoms with Gasteiger partial charge in [0, 0.05) is 19.7 Å². The molecule has 0 aromatic heterocycles. The Kier molecular flexibility index (Phi) is 6.30. The average molecular weight is 279 g/mol. The second-order valence-corrected chi connectivity index (χ2v) is 5.35. The highest BCUT2D eigenvalue weighted by Crippen LogP contribution is 2.13. The molecule has 0 spiro atoms. The number of hydrogen-bond donors (Lipinski definition) is 2. The van der Waals surface area contributed by atoms with Crippen LogP contribution in [0.2, 0.25) is 0 Å². The molecule has 20 heavy (non-hydrogen) atoms. The van der Waals surface area contributed by atoms with Crippen LogP contribution in [0.15, 0.2) is 24.3 Å². The third-order valence-electron chi connectivity index (χ3n) is 3.61.